The van der Waals surface area contributed by atoms with Crippen LogP contribution in [0.25, 0.3) is 0 Å². The fourth-order valence-corrected chi connectivity index (χ4v) is 3.05. The monoisotopic (exact) mass is 292 g/mol. The van der Waals surface area contributed by atoms with Gasteiger partial charge in [0.25, 0.3) is 0 Å². The Balaban J connectivity index is 1.97. The van der Waals surface area contributed by atoms with E-state index < -0.39 is 0 Å². The van der Waals surface area contributed by atoms with Gasteiger partial charge in [0, 0.05) is 17.8 Å². The molecule has 0 aliphatic rings. The van der Waals surface area contributed by atoms with E-state index in [2.05, 4.69) is 31.1 Å². The summed E-state index contributed by atoms with van der Waals surface area (Å²) in [5.74, 6) is 0.463. The average molecular weight is 292 g/mol. The maximum Gasteiger partial charge on any atom is 0.123 e. The highest BCUT2D eigenvalue weighted by molar-refractivity contribution is 7.11. The highest BCUT2D eigenvalue weighted by Gasteiger charge is 2.08. The lowest BCUT2D eigenvalue weighted by molar-refractivity contribution is 0.554. The Morgan fingerprint density at radius 3 is 2.60 bits per heavy atom. The van der Waals surface area contributed by atoms with Gasteiger partial charge in [0.05, 0.1) is 10.7 Å². The number of aromatic nitrogens is 1. The maximum absolute atomic E-state index is 12.9. The van der Waals surface area contributed by atoms with E-state index in [4.69, 9.17) is 0 Å². The Kier molecular flexibility index (Phi) is 5.26. The minimum Gasteiger partial charge on any atom is -0.312 e. The topological polar surface area (TPSA) is 24.9 Å². The van der Waals surface area contributed by atoms with Crippen molar-refractivity contribution in [3.63, 3.8) is 0 Å². The number of hydrogen-bond acceptors (Lipinski definition) is 3. The van der Waals surface area contributed by atoms with Crippen LogP contribution in [0.2, 0.25) is 0 Å². The highest BCUT2D eigenvalue weighted by Crippen LogP contribution is 2.21. The quantitative estimate of drug-likeness (QED) is 0.872. The summed E-state index contributed by atoms with van der Waals surface area (Å²) in [6, 6.07) is 6.65. The Labute approximate surface area is 124 Å². The molecule has 0 aliphatic heterocycles. The van der Waals surface area contributed by atoms with E-state index in [1.807, 2.05) is 12.1 Å². The molecule has 2 aromatic rings. The minimum absolute atomic E-state index is 0.192. The van der Waals surface area contributed by atoms with Crippen molar-refractivity contribution in [3.8, 4) is 0 Å². The lowest BCUT2D eigenvalue weighted by Crippen LogP contribution is -2.18. The molecule has 0 atom stereocenters. The number of nitrogens with one attached hydrogen (secondary N) is 1. The van der Waals surface area contributed by atoms with E-state index in [0.717, 1.165) is 35.8 Å². The number of halogens is 1. The van der Waals surface area contributed by atoms with Crippen molar-refractivity contribution in [2.75, 3.05) is 6.54 Å². The lowest BCUT2D eigenvalue weighted by atomic mass is 10.1. The van der Waals surface area contributed by atoms with Gasteiger partial charge in [-0.25, -0.2) is 9.37 Å². The van der Waals surface area contributed by atoms with Crippen LogP contribution in [0.4, 0.5) is 4.39 Å². The molecule has 2 nitrogen and oxygen atoms in total. The molecule has 0 amide bonds. The summed E-state index contributed by atoms with van der Waals surface area (Å²) in [4.78, 5) is 5.91. The lowest BCUT2D eigenvalue weighted by Gasteiger charge is -2.05. The largest absolute Gasteiger partial charge is 0.312 e. The molecule has 0 saturated carbocycles. The van der Waals surface area contributed by atoms with Crippen LogP contribution >= 0.6 is 11.3 Å². The molecule has 2 rings (SSSR count). The number of aryl methyl sites for hydroxylation is 1. The zero-order chi connectivity index (χ0) is 14.5. The molecule has 108 valence electrons. The molecular formula is C16H21FN2S. The van der Waals surface area contributed by atoms with E-state index >= 15 is 0 Å². The third-order valence-corrected chi connectivity index (χ3v) is 4.20. The molecule has 0 fully saturated rings. The normalized spacial score (nSPS) is 11.2. The first-order valence-corrected chi connectivity index (χ1v) is 7.76. The van der Waals surface area contributed by atoms with Crippen LogP contribution in [-0.4, -0.2) is 11.5 Å². The third-order valence-electron chi connectivity index (χ3n) is 3.04. The predicted octanol–water partition coefficient (Wildman–Crippen LogP) is 3.93. The maximum atomic E-state index is 12.9. The van der Waals surface area contributed by atoms with Gasteiger partial charge in [0.2, 0.25) is 0 Å². The molecule has 0 radical (unpaired) electrons. The molecule has 1 aromatic heterocycles. The van der Waals surface area contributed by atoms with E-state index in [-0.39, 0.29) is 5.82 Å². The molecule has 0 spiro atoms. The standard InChI is InChI=1S/C16H21FN2S/c1-11(2)9-18-10-15-12(3)19-16(20-15)8-13-4-6-14(17)7-5-13/h4-7,11,18H,8-10H2,1-3H3. The van der Waals surface area contributed by atoms with Crippen molar-refractivity contribution in [3.05, 3.63) is 51.2 Å². The predicted molar refractivity (Wildman–Crippen MR) is 82.6 cm³/mol. The summed E-state index contributed by atoms with van der Waals surface area (Å²) in [5.41, 5.74) is 2.20. The Morgan fingerprint density at radius 2 is 1.95 bits per heavy atom. The van der Waals surface area contributed by atoms with Crippen molar-refractivity contribution >= 4 is 11.3 Å². The van der Waals surface area contributed by atoms with Gasteiger partial charge >= 0.3 is 0 Å². The van der Waals surface area contributed by atoms with Gasteiger partial charge in [0.1, 0.15) is 5.82 Å². The van der Waals surface area contributed by atoms with Crippen molar-refractivity contribution < 1.29 is 4.39 Å². The van der Waals surface area contributed by atoms with Gasteiger partial charge in [0.15, 0.2) is 0 Å². The summed E-state index contributed by atoms with van der Waals surface area (Å²) in [5, 5.41) is 4.54. The number of nitrogens with zero attached hydrogens (tertiary/aromatic N) is 1. The summed E-state index contributed by atoms with van der Waals surface area (Å²) in [7, 11) is 0. The fraction of sp³-hybridized carbons (Fsp3) is 0.438. The first-order valence-electron chi connectivity index (χ1n) is 6.95. The van der Waals surface area contributed by atoms with Crippen molar-refractivity contribution in [1.82, 2.24) is 10.3 Å². The average Bonchev–Trinajstić information content (AvgIpc) is 2.72. The molecule has 20 heavy (non-hydrogen) atoms. The van der Waals surface area contributed by atoms with Crippen LogP contribution in [0.5, 0.6) is 0 Å². The molecule has 0 saturated heterocycles. The molecule has 0 aliphatic carbocycles. The molecule has 1 heterocycles. The van der Waals surface area contributed by atoms with Gasteiger partial charge in [-0.3, -0.25) is 0 Å². The molecule has 4 heteroatoms. The summed E-state index contributed by atoms with van der Waals surface area (Å²) in [6.07, 6.45) is 0.774. The summed E-state index contributed by atoms with van der Waals surface area (Å²) < 4.78 is 12.9. The van der Waals surface area contributed by atoms with Crippen molar-refractivity contribution in [2.24, 2.45) is 5.92 Å². The van der Waals surface area contributed by atoms with Crippen LogP contribution in [0.3, 0.4) is 0 Å². The molecule has 0 unspecified atom stereocenters. The van der Waals surface area contributed by atoms with Gasteiger partial charge in [-0.2, -0.15) is 0 Å². The smallest absolute Gasteiger partial charge is 0.123 e. The van der Waals surface area contributed by atoms with Crippen LogP contribution in [-0.2, 0) is 13.0 Å². The van der Waals surface area contributed by atoms with E-state index in [1.54, 1.807) is 11.3 Å². The second-order valence-corrected chi connectivity index (χ2v) is 6.61. The second-order valence-electron chi connectivity index (χ2n) is 5.44. The van der Waals surface area contributed by atoms with Gasteiger partial charge in [-0.05, 0) is 37.1 Å². The minimum atomic E-state index is -0.192. The van der Waals surface area contributed by atoms with Crippen LogP contribution < -0.4 is 5.32 Å². The molecule has 1 aromatic carbocycles. The first kappa shape index (κ1) is 15.1. The number of rotatable bonds is 6. The molecule has 1 N–H and O–H groups in total. The zero-order valence-corrected chi connectivity index (χ0v) is 13.1. The SMILES string of the molecule is Cc1nc(Cc2ccc(F)cc2)sc1CNCC(C)C. The second kappa shape index (κ2) is 6.95. The summed E-state index contributed by atoms with van der Waals surface area (Å²) in [6.45, 7) is 8.35. The third kappa shape index (κ3) is 4.39. The Bertz CT molecular complexity index is 546. The van der Waals surface area contributed by atoms with Crippen molar-refractivity contribution in [1.29, 1.82) is 0 Å². The number of thiazole rings is 1. The Hall–Kier alpha value is -1.26. The Morgan fingerprint density at radius 1 is 1.25 bits per heavy atom. The van der Waals surface area contributed by atoms with Crippen molar-refractivity contribution in [2.45, 2.75) is 33.7 Å². The van der Waals surface area contributed by atoms with E-state index in [9.17, 15) is 4.39 Å². The number of hydrogen-bond donors (Lipinski definition) is 1. The molecular weight excluding hydrogens is 271 g/mol. The fourth-order valence-electron chi connectivity index (χ4n) is 1.98. The van der Waals surface area contributed by atoms with Gasteiger partial charge in [-0.1, -0.05) is 26.0 Å². The van der Waals surface area contributed by atoms with E-state index in [1.165, 1.54) is 17.0 Å². The van der Waals surface area contributed by atoms with Crippen LogP contribution in [0.15, 0.2) is 24.3 Å². The first-order chi connectivity index (χ1) is 9.54. The van der Waals surface area contributed by atoms with Crippen LogP contribution in [0.1, 0.15) is 35.0 Å². The summed E-state index contributed by atoms with van der Waals surface area (Å²) >= 11 is 1.74. The van der Waals surface area contributed by atoms with Crippen LogP contribution in [0, 0.1) is 18.7 Å². The zero-order valence-electron chi connectivity index (χ0n) is 12.2. The highest BCUT2D eigenvalue weighted by atomic mass is 32.1. The van der Waals surface area contributed by atoms with Gasteiger partial charge < -0.3 is 5.32 Å². The van der Waals surface area contributed by atoms with E-state index in [0.29, 0.717) is 5.92 Å². The van der Waals surface area contributed by atoms with Gasteiger partial charge in [-0.15, -0.1) is 11.3 Å². The molecule has 0 bridgehead atoms. The number of benzene rings is 1.